The molecule has 0 spiro atoms. The number of carbonyl (C=O) groups is 2. The summed E-state index contributed by atoms with van der Waals surface area (Å²) < 4.78 is 29.3. The Hall–Kier alpha value is -4.08. The third kappa shape index (κ3) is 6.08. The molecule has 1 aromatic heterocycles. The molecule has 9 heteroatoms. The summed E-state index contributed by atoms with van der Waals surface area (Å²) in [5, 5.41) is 6.09. The van der Waals surface area contributed by atoms with E-state index in [-0.39, 0.29) is 17.2 Å². The number of aromatic nitrogens is 1. The second kappa shape index (κ2) is 10.5. The van der Waals surface area contributed by atoms with Crippen molar-refractivity contribution in [1.29, 1.82) is 0 Å². The van der Waals surface area contributed by atoms with Crippen molar-refractivity contribution in [3.05, 3.63) is 96.7 Å². The lowest BCUT2D eigenvalue weighted by Crippen LogP contribution is -2.45. The van der Waals surface area contributed by atoms with E-state index < -0.39 is 22.0 Å². The predicted octanol–water partition coefficient (Wildman–Crippen LogP) is 3.72. The van der Waals surface area contributed by atoms with Crippen LogP contribution in [0, 0.1) is 0 Å². The van der Waals surface area contributed by atoms with Crippen molar-refractivity contribution in [2.24, 2.45) is 0 Å². The molecule has 0 fully saturated rings. The minimum atomic E-state index is -4.08. The summed E-state index contributed by atoms with van der Waals surface area (Å²) in [4.78, 5) is 28.7. The lowest BCUT2D eigenvalue weighted by Gasteiger charge is -2.19. The number of anilines is 2. The van der Waals surface area contributed by atoms with Gasteiger partial charge in [0.25, 0.3) is 0 Å². The van der Waals surface area contributed by atoms with Crippen molar-refractivity contribution < 1.29 is 18.0 Å². The summed E-state index contributed by atoms with van der Waals surface area (Å²) in [6.45, 7) is 1.40. The molecule has 2 amide bonds. The third-order valence-electron chi connectivity index (χ3n) is 5.25. The summed E-state index contributed by atoms with van der Waals surface area (Å²) >= 11 is 0. The first-order chi connectivity index (χ1) is 16.8. The van der Waals surface area contributed by atoms with E-state index in [2.05, 4.69) is 20.3 Å². The van der Waals surface area contributed by atoms with Gasteiger partial charge in [-0.2, -0.15) is 4.72 Å². The van der Waals surface area contributed by atoms with Crippen LogP contribution in [0.4, 0.5) is 11.4 Å². The van der Waals surface area contributed by atoms with Gasteiger partial charge in [-0.25, -0.2) is 8.42 Å². The predicted molar refractivity (Wildman–Crippen MR) is 135 cm³/mol. The molecule has 0 aliphatic carbocycles. The first-order valence-electron chi connectivity index (χ1n) is 10.9. The Labute approximate surface area is 203 Å². The summed E-state index contributed by atoms with van der Waals surface area (Å²) in [5.41, 5.74) is 2.18. The van der Waals surface area contributed by atoms with E-state index in [0.717, 1.165) is 5.56 Å². The molecule has 1 heterocycles. The molecule has 0 bridgehead atoms. The van der Waals surface area contributed by atoms with Crippen molar-refractivity contribution >= 4 is 44.1 Å². The van der Waals surface area contributed by atoms with Gasteiger partial charge >= 0.3 is 0 Å². The molecule has 0 aliphatic rings. The molecule has 178 valence electrons. The number of rotatable bonds is 8. The summed E-state index contributed by atoms with van der Waals surface area (Å²) in [6, 6.07) is 23.0. The fourth-order valence-electron chi connectivity index (χ4n) is 3.65. The maximum absolute atomic E-state index is 13.4. The number of carbonyl (C=O) groups excluding carboxylic acids is 2. The maximum Gasteiger partial charge on any atom is 0.243 e. The molecular weight excluding hydrogens is 464 g/mol. The van der Waals surface area contributed by atoms with Crippen molar-refractivity contribution in [3.63, 3.8) is 0 Å². The van der Waals surface area contributed by atoms with E-state index in [0.29, 0.717) is 22.3 Å². The Kier molecular flexibility index (Phi) is 7.19. The van der Waals surface area contributed by atoms with Gasteiger partial charge in [-0.15, -0.1) is 0 Å². The molecule has 1 unspecified atom stereocenters. The average molecular weight is 489 g/mol. The van der Waals surface area contributed by atoms with Gasteiger partial charge in [0.05, 0.1) is 5.52 Å². The van der Waals surface area contributed by atoms with Gasteiger partial charge in [0.15, 0.2) is 0 Å². The Morgan fingerprint density at radius 3 is 2.17 bits per heavy atom. The molecule has 0 saturated heterocycles. The zero-order valence-electron chi connectivity index (χ0n) is 18.9. The van der Waals surface area contributed by atoms with E-state index in [9.17, 15) is 18.0 Å². The molecule has 4 aromatic rings. The Balaban J connectivity index is 1.61. The number of nitrogens with one attached hydrogen (secondary N) is 3. The number of para-hydroxylation sites is 1. The second-order valence-electron chi connectivity index (χ2n) is 7.94. The highest BCUT2D eigenvalue weighted by molar-refractivity contribution is 7.89. The topological polar surface area (TPSA) is 117 Å². The monoisotopic (exact) mass is 488 g/mol. The molecule has 1 atom stereocenters. The largest absolute Gasteiger partial charge is 0.326 e. The number of amides is 2. The number of fused-ring (bicyclic) bond motifs is 1. The molecule has 3 aromatic carbocycles. The highest BCUT2D eigenvalue weighted by Gasteiger charge is 2.27. The van der Waals surface area contributed by atoms with Gasteiger partial charge in [-0.3, -0.25) is 14.6 Å². The molecule has 3 N–H and O–H groups in total. The first-order valence-corrected chi connectivity index (χ1v) is 12.4. The maximum atomic E-state index is 13.4. The van der Waals surface area contributed by atoms with Crippen LogP contribution < -0.4 is 15.4 Å². The summed E-state index contributed by atoms with van der Waals surface area (Å²) in [5.74, 6) is -0.722. The van der Waals surface area contributed by atoms with E-state index >= 15 is 0 Å². The molecule has 35 heavy (non-hydrogen) atoms. The van der Waals surface area contributed by atoms with Crippen molar-refractivity contribution in [2.75, 3.05) is 10.6 Å². The van der Waals surface area contributed by atoms with Crippen molar-refractivity contribution in [2.45, 2.75) is 24.3 Å². The Bertz CT molecular complexity index is 1450. The second-order valence-corrected chi connectivity index (χ2v) is 9.63. The number of sulfonamides is 1. The van der Waals surface area contributed by atoms with Crippen LogP contribution in [-0.2, 0) is 26.0 Å². The lowest BCUT2D eigenvalue weighted by atomic mass is 10.1. The highest BCUT2D eigenvalue weighted by atomic mass is 32.2. The van der Waals surface area contributed by atoms with Crippen LogP contribution in [0.1, 0.15) is 12.5 Å². The normalized spacial score (nSPS) is 12.1. The van der Waals surface area contributed by atoms with Gasteiger partial charge in [-0.05, 0) is 48.4 Å². The molecule has 0 aliphatic heterocycles. The van der Waals surface area contributed by atoms with Gasteiger partial charge in [0, 0.05) is 29.9 Å². The van der Waals surface area contributed by atoms with Crippen LogP contribution in [0.15, 0.2) is 96.0 Å². The van der Waals surface area contributed by atoms with Crippen LogP contribution in [0.5, 0.6) is 0 Å². The number of pyridine rings is 1. The van der Waals surface area contributed by atoms with E-state index in [1.54, 1.807) is 48.5 Å². The molecular formula is C26H24N4O4S. The smallest absolute Gasteiger partial charge is 0.243 e. The quantitative estimate of drug-likeness (QED) is 0.349. The Morgan fingerprint density at radius 1 is 0.829 bits per heavy atom. The number of hydrogen-bond acceptors (Lipinski definition) is 5. The number of hydrogen-bond donors (Lipinski definition) is 3. The van der Waals surface area contributed by atoms with Crippen LogP contribution >= 0.6 is 0 Å². The van der Waals surface area contributed by atoms with Gasteiger partial charge in [-0.1, -0.05) is 48.5 Å². The van der Waals surface area contributed by atoms with Gasteiger partial charge < -0.3 is 10.6 Å². The number of nitrogens with zero attached hydrogens (tertiary/aromatic N) is 1. The van der Waals surface area contributed by atoms with Crippen LogP contribution in [-0.4, -0.2) is 31.3 Å². The minimum absolute atomic E-state index is 0.00104. The van der Waals surface area contributed by atoms with Crippen LogP contribution in [0.2, 0.25) is 0 Å². The van der Waals surface area contributed by atoms with Gasteiger partial charge in [0.2, 0.25) is 21.8 Å². The van der Waals surface area contributed by atoms with E-state index in [1.807, 2.05) is 30.3 Å². The van der Waals surface area contributed by atoms with Crippen molar-refractivity contribution in [3.8, 4) is 0 Å². The molecule has 4 rings (SSSR count). The van der Waals surface area contributed by atoms with E-state index in [1.165, 1.54) is 19.2 Å². The number of benzene rings is 3. The lowest BCUT2D eigenvalue weighted by molar-refractivity contribution is -0.117. The van der Waals surface area contributed by atoms with Crippen molar-refractivity contribution in [1.82, 2.24) is 9.71 Å². The molecule has 8 nitrogen and oxygen atoms in total. The fraction of sp³-hybridized carbons (Fsp3) is 0.115. The van der Waals surface area contributed by atoms with Crippen LogP contribution in [0.25, 0.3) is 10.9 Å². The summed E-state index contributed by atoms with van der Waals surface area (Å²) in [7, 11) is -4.08. The van der Waals surface area contributed by atoms with Crippen LogP contribution in [0.3, 0.4) is 0 Å². The molecule has 0 radical (unpaired) electrons. The zero-order chi connectivity index (χ0) is 24.8. The standard InChI is InChI=1S/C26H24N4O4S/c1-18(31)28-21-12-14-22(15-13-21)29-26(32)23(17-19-7-3-2-4-8-19)30-35(33,34)24-11-5-9-20-10-6-16-27-25(20)24/h2-16,23,30H,17H2,1H3,(H,28,31)(H,29,32). The fourth-order valence-corrected chi connectivity index (χ4v) is 5.03. The molecule has 0 saturated carbocycles. The minimum Gasteiger partial charge on any atom is -0.326 e. The third-order valence-corrected chi connectivity index (χ3v) is 6.76. The zero-order valence-corrected chi connectivity index (χ0v) is 19.7. The average Bonchev–Trinajstić information content (AvgIpc) is 2.84. The van der Waals surface area contributed by atoms with Gasteiger partial charge in [0.1, 0.15) is 10.9 Å². The van der Waals surface area contributed by atoms with E-state index in [4.69, 9.17) is 0 Å². The first kappa shape index (κ1) is 24.1. The summed E-state index contributed by atoms with van der Waals surface area (Å²) in [6.07, 6.45) is 1.67. The highest BCUT2D eigenvalue weighted by Crippen LogP contribution is 2.22. The SMILES string of the molecule is CC(=O)Nc1ccc(NC(=O)C(Cc2ccccc2)NS(=O)(=O)c2cccc3cccnc23)cc1. The Morgan fingerprint density at radius 2 is 1.49 bits per heavy atom.